The van der Waals surface area contributed by atoms with Gasteiger partial charge in [0, 0.05) is 24.5 Å². The highest BCUT2D eigenvalue weighted by atomic mass is 32.1. The molecule has 3 atom stereocenters. The molecule has 1 amide bonds. The molecular formula is C17H25N3O3S. The number of amides is 1. The van der Waals surface area contributed by atoms with Crippen LogP contribution in [0.2, 0.25) is 0 Å². The van der Waals surface area contributed by atoms with Gasteiger partial charge in [-0.05, 0) is 45.1 Å². The second kappa shape index (κ2) is 7.07. The van der Waals surface area contributed by atoms with Gasteiger partial charge in [-0.2, -0.15) is 0 Å². The van der Waals surface area contributed by atoms with Crippen molar-refractivity contribution in [2.75, 3.05) is 26.2 Å². The zero-order chi connectivity index (χ0) is 16.5. The number of hydrogen-bond donors (Lipinski definition) is 0. The minimum atomic E-state index is -0.316. The highest BCUT2D eigenvalue weighted by Gasteiger charge is 2.43. The van der Waals surface area contributed by atoms with Gasteiger partial charge < -0.3 is 4.74 Å². The lowest BCUT2D eigenvalue weighted by molar-refractivity contribution is -0.206. The smallest absolute Gasteiger partial charge is 0.275 e. The summed E-state index contributed by atoms with van der Waals surface area (Å²) in [5, 5.41) is 1.53. The molecule has 0 unspecified atom stereocenters. The minimum absolute atomic E-state index is 0.0222. The van der Waals surface area contributed by atoms with Gasteiger partial charge in [0.25, 0.3) is 5.91 Å². The lowest BCUT2D eigenvalue weighted by atomic mass is 9.91. The molecule has 1 aromatic rings. The standard InChI is InChI=1S/C17H25N3O3S/c1-12-16(24-11-18-12)10-19-6-4-13-8-14(23-15(13)9-19)17(21)20-5-2-3-7-22-20/h11,13-15H,2-10H2,1H3/t13-,14+,15+/m1/s1. The number of carbonyl (C=O) groups is 1. The Balaban J connectivity index is 1.33. The van der Waals surface area contributed by atoms with E-state index in [9.17, 15) is 4.79 Å². The predicted molar refractivity (Wildman–Crippen MR) is 90.4 cm³/mol. The van der Waals surface area contributed by atoms with E-state index in [4.69, 9.17) is 9.57 Å². The van der Waals surface area contributed by atoms with Crippen LogP contribution in [0.3, 0.4) is 0 Å². The van der Waals surface area contributed by atoms with E-state index in [0.29, 0.717) is 19.1 Å². The van der Waals surface area contributed by atoms with Gasteiger partial charge in [0.05, 0.1) is 23.9 Å². The number of aromatic nitrogens is 1. The Hall–Kier alpha value is -1.02. The topological polar surface area (TPSA) is 54.9 Å². The zero-order valence-corrected chi connectivity index (χ0v) is 15.0. The van der Waals surface area contributed by atoms with Crippen molar-refractivity contribution >= 4 is 17.2 Å². The molecule has 0 spiro atoms. The second-order valence-electron chi connectivity index (χ2n) is 7.02. The Morgan fingerprint density at radius 3 is 3.08 bits per heavy atom. The molecule has 6 nitrogen and oxygen atoms in total. The van der Waals surface area contributed by atoms with Crippen LogP contribution in [0.15, 0.2) is 5.51 Å². The maximum Gasteiger partial charge on any atom is 0.275 e. The van der Waals surface area contributed by atoms with E-state index in [2.05, 4.69) is 16.8 Å². The molecule has 7 heteroatoms. The fraction of sp³-hybridized carbons (Fsp3) is 0.765. The predicted octanol–water partition coefficient (Wildman–Crippen LogP) is 1.98. The molecule has 4 rings (SSSR count). The number of aryl methyl sites for hydroxylation is 1. The van der Waals surface area contributed by atoms with E-state index in [1.807, 2.05) is 5.51 Å². The van der Waals surface area contributed by atoms with Gasteiger partial charge in [0.2, 0.25) is 0 Å². The van der Waals surface area contributed by atoms with E-state index in [-0.39, 0.29) is 18.1 Å². The SMILES string of the molecule is Cc1ncsc1CN1CC[C@@H]2C[C@@H](C(=O)N3CCCCO3)O[C@H]2C1. The number of likely N-dealkylation sites (tertiary alicyclic amines) is 1. The number of fused-ring (bicyclic) bond motifs is 1. The number of ether oxygens (including phenoxy) is 1. The fourth-order valence-corrected chi connectivity index (χ4v) is 4.73. The summed E-state index contributed by atoms with van der Waals surface area (Å²) in [5.41, 5.74) is 3.04. The van der Waals surface area contributed by atoms with Crippen molar-refractivity contribution in [3.05, 3.63) is 16.1 Å². The van der Waals surface area contributed by atoms with Crippen LogP contribution in [-0.2, 0) is 20.9 Å². The Kier molecular flexibility index (Phi) is 4.85. The van der Waals surface area contributed by atoms with Crippen LogP contribution in [0.25, 0.3) is 0 Å². The number of thiazole rings is 1. The first-order valence-electron chi connectivity index (χ1n) is 8.92. The number of carbonyl (C=O) groups excluding carboxylic acids is 1. The molecule has 0 aliphatic carbocycles. The van der Waals surface area contributed by atoms with Crippen molar-refractivity contribution in [3.63, 3.8) is 0 Å². The summed E-state index contributed by atoms with van der Waals surface area (Å²) in [6.07, 6.45) is 3.86. The van der Waals surface area contributed by atoms with Crippen LogP contribution in [0.1, 0.15) is 36.3 Å². The molecule has 1 aromatic heterocycles. The molecule has 0 bridgehead atoms. The minimum Gasteiger partial charge on any atom is -0.363 e. The third-order valence-electron chi connectivity index (χ3n) is 5.37. The van der Waals surface area contributed by atoms with Crippen molar-refractivity contribution in [2.45, 2.75) is 51.4 Å². The molecule has 0 aromatic carbocycles. The van der Waals surface area contributed by atoms with E-state index in [1.54, 1.807) is 11.3 Å². The Morgan fingerprint density at radius 1 is 1.42 bits per heavy atom. The first kappa shape index (κ1) is 16.4. The monoisotopic (exact) mass is 351 g/mol. The van der Waals surface area contributed by atoms with Crippen LogP contribution in [0.5, 0.6) is 0 Å². The van der Waals surface area contributed by atoms with Gasteiger partial charge in [-0.3, -0.25) is 14.5 Å². The van der Waals surface area contributed by atoms with E-state index < -0.39 is 0 Å². The Labute approximate surface area is 146 Å². The van der Waals surface area contributed by atoms with Gasteiger partial charge in [-0.15, -0.1) is 11.3 Å². The van der Waals surface area contributed by atoms with Gasteiger partial charge >= 0.3 is 0 Å². The molecule has 4 heterocycles. The highest BCUT2D eigenvalue weighted by Crippen LogP contribution is 2.35. The van der Waals surface area contributed by atoms with Gasteiger partial charge in [-0.1, -0.05) is 0 Å². The molecule has 3 saturated heterocycles. The Bertz CT molecular complexity index is 587. The first-order valence-corrected chi connectivity index (χ1v) is 9.80. The number of rotatable bonds is 3. The van der Waals surface area contributed by atoms with Crippen molar-refractivity contribution in [3.8, 4) is 0 Å². The van der Waals surface area contributed by atoms with Crippen LogP contribution in [0, 0.1) is 12.8 Å². The van der Waals surface area contributed by atoms with Crippen LogP contribution in [-0.4, -0.2) is 59.3 Å². The lowest BCUT2D eigenvalue weighted by Crippen LogP contribution is -2.43. The van der Waals surface area contributed by atoms with Gasteiger partial charge in [0.1, 0.15) is 6.10 Å². The largest absolute Gasteiger partial charge is 0.363 e. The summed E-state index contributed by atoms with van der Waals surface area (Å²) in [7, 11) is 0. The van der Waals surface area contributed by atoms with Crippen LogP contribution >= 0.6 is 11.3 Å². The molecule has 132 valence electrons. The maximum atomic E-state index is 12.6. The third-order valence-corrected chi connectivity index (χ3v) is 6.29. The summed E-state index contributed by atoms with van der Waals surface area (Å²) in [4.78, 5) is 26.2. The summed E-state index contributed by atoms with van der Waals surface area (Å²) < 4.78 is 6.13. The van der Waals surface area contributed by atoms with E-state index in [1.165, 1.54) is 9.94 Å². The molecule has 0 saturated carbocycles. The third kappa shape index (κ3) is 3.35. The summed E-state index contributed by atoms with van der Waals surface area (Å²) in [6, 6.07) is 0. The van der Waals surface area contributed by atoms with Crippen LogP contribution in [0.4, 0.5) is 0 Å². The van der Waals surface area contributed by atoms with E-state index >= 15 is 0 Å². The number of hydroxylamine groups is 2. The maximum absolute atomic E-state index is 12.6. The average molecular weight is 351 g/mol. The molecule has 24 heavy (non-hydrogen) atoms. The summed E-state index contributed by atoms with van der Waals surface area (Å²) in [5.74, 6) is 0.525. The second-order valence-corrected chi connectivity index (χ2v) is 7.96. The molecule has 0 N–H and O–H groups in total. The Morgan fingerprint density at radius 2 is 2.33 bits per heavy atom. The number of hydrogen-bond acceptors (Lipinski definition) is 6. The molecule has 3 fully saturated rings. The molecular weight excluding hydrogens is 326 g/mol. The quantitative estimate of drug-likeness (QED) is 0.834. The molecule has 3 aliphatic rings. The lowest BCUT2D eigenvalue weighted by Gasteiger charge is -2.33. The summed E-state index contributed by atoms with van der Waals surface area (Å²) >= 11 is 1.72. The van der Waals surface area contributed by atoms with Crippen LogP contribution < -0.4 is 0 Å². The highest BCUT2D eigenvalue weighted by molar-refractivity contribution is 7.09. The molecule has 0 radical (unpaired) electrons. The van der Waals surface area contributed by atoms with Crippen molar-refractivity contribution in [1.82, 2.24) is 14.9 Å². The van der Waals surface area contributed by atoms with Gasteiger partial charge in [0.15, 0.2) is 0 Å². The van der Waals surface area contributed by atoms with E-state index in [0.717, 1.165) is 51.0 Å². The zero-order valence-electron chi connectivity index (χ0n) is 14.1. The molecule has 3 aliphatic heterocycles. The number of piperidine rings is 1. The van der Waals surface area contributed by atoms with Crippen molar-refractivity contribution < 1.29 is 14.4 Å². The van der Waals surface area contributed by atoms with Gasteiger partial charge in [-0.25, -0.2) is 10.0 Å². The van der Waals surface area contributed by atoms with Crippen molar-refractivity contribution in [2.24, 2.45) is 5.92 Å². The van der Waals surface area contributed by atoms with Crippen molar-refractivity contribution in [1.29, 1.82) is 0 Å². The average Bonchev–Trinajstić information content (AvgIpc) is 3.21. The number of nitrogens with zero attached hydrogens (tertiary/aromatic N) is 3. The fourth-order valence-electron chi connectivity index (χ4n) is 3.91. The summed E-state index contributed by atoms with van der Waals surface area (Å²) in [6.45, 7) is 6.34. The normalized spacial score (nSPS) is 31.2. The first-order chi connectivity index (χ1) is 11.7.